The van der Waals surface area contributed by atoms with Crippen LogP contribution >= 0.6 is 0 Å². The molecule has 1 saturated heterocycles. The number of esters is 1. The van der Waals surface area contributed by atoms with Gasteiger partial charge in [0.15, 0.2) is 6.23 Å². The highest BCUT2D eigenvalue weighted by Crippen LogP contribution is 2.40. The van der Waals surface area contributed by atoms with Crippen LogP contribution in [0.25, 0.3) is 0 Å². The van der Waals surface area contributed by atoms with E-state index >= 15 is 0 Å². The number of urea groups is 1. The van der Waals surface area contributed by atoms with E-state index in [4.69, 9.17) is 20.6 Å². The van der Waals surface area contributed by atoms with Gasteiger partial charge in [0.25, 0.3) is 0 Å². The maximum Gasteiger partial charge on any atom is 0.338 e. The largest absolute Gasteiger partial charge is 0.457 e. The molecule has 4 aromatic carbocycles. The van der Waals surface area contributed by atoms with Gasteiger partial charge in [0.1, 0.15) is 18.5 Å². The molecule has 2 aliphatic rings. The molecule has 1 fully saturated rings. The summed E-state index contributed by atoms with van der Waals surface area (Å²) in [4.78, 5) is 24.5. The molecule has 7 N–H and O–H groups in total. The lowest BCUT2D eigenvalue weighted by Crippen LogP contribution is -2.20. The van der Waals surface area contributed by atoms with E-state index in [1.54, 1.807) is 24.3 Å². The summed E-state index contributed by atoms with van der Waals surface area (Å²) in [7, 11) is 0. The third-order valence-corrected chi connectivity index (χ3v) is 7.26. The van der Waals surface area contributed by atoms with Crippen molar-refractivity contribution in [1.82, 2.24) is 0 Å². The van der Waals surface area contributed by atoms with Crippen molar-refractivity contribution >= 4 is 40.6 Å². The van der Waals surface area contributed by atoms with Crippen molar-refractivity contribution in [3.63, 3.8) is 0 Å². The number of para-hydroxylation sites is 2. The van der Waals surface area contributed by atoms with Crippen LogP contribution in [0.1, 0.15) is 51.7 Å². The molecule has 2 aliphatic heterocycles. The maximum atomic E-state index is 12.7. The molecule has 0 saturated carbocycles. The number of benzene rings is 4. The highest BCUT2D eigenvalue weighted by Gasteiger charge is 2.40. The van der Waals surface area contributed by atoms with Gasteiger partial charge in [-0.3, -0.25) is 5.41 Å². The van der Waals surface area contributed by atoms with E-state index in [1.807, 2.05) is 42.5 Å². The Hall–Kier alpha value is -5.35. The van der Waals surface area contributed by atoms with Crippen molar-refractivity contribution in [2.75, 3.05) is 21.3 Å². The molecule has 0 radical (unpaired) electrons. The fraction of sp³-hybridized carbons (Fsp3) is 0.156. The minimum absolute atomic E-state index is 0.0294. The molecule has 3 atom stereocenters. The van der Waals surface area contributed by atoms with Crippen LogP contribution < -0.4 is 27.0 Å². The summed E-state index contributed by atoms with van der Waals surface area (Å²) >= 11 is 0. The number of anilines is 4. The van der Waals surface area contributed by atoms with Crippen LogP contribution in [-0.4, -0.2) is 24.1 Å². The molecule has 0 bridgehead atoms. The van der Waals surface area contributed by atoms with Gasteiger partial charge in [0, 0.05) is 28.5 Å². The maximum absolute atomic E-state index is 12.7. The number of ether oxygens (including phenoxy) is 2. The summed E-state index contributed by atoms with van der Waals surface area (Å²) in [6, 6.07) is 27.7. The van der Waals surface area contributed by atoms with Gasteiger partial charge in [-0.05, 0) is 66.6 Å². The van der Waals surface area contributed by atoms with E-state index in [1.165, 1.54) is 0 Å². The van der Waals surface area contributed by atoms with Gasteiger partial charge in [-0.1, -0.05) is 42.5 Å². The normalized spacial score (nSPS) is 17.4. The lowest BCUT2D eigenvalue weighted by atomic mass is 10.0. The van der Waals surface area contributed by atoms with Crippen LogP contribution in [0.2, 0.25) is 0 Å². The second-order valence-corrected chi connectivity index (χ2v) is 10.2. The number of rotatable bonds is 9. The molecule has 0 spiro atoms. The minimum Gasteiger partial charge on any atom is -0.457 e. The molecular formula is C32H30N6O4. The summed E-state index contributed by atoms with van der Waals surface area (Å²) in [6.45, 7) is 2.38. The Balaban J connectivity index is 1.04. The van der Waals surface area contributed by atoms with Crippen LogP contribution in [0.3, 0.4) is 0 Å². The van der Waals surface area contributed by atoms with Crippen molar-refractivity contribution in [2.24, 2.45) is 5.73 Å². The number of carbonyl (C=O) groups excluding carboxylic acids is 2. The fourth-order valence-corrected chi connectivity index (χ4v) is 4.87. The molecule has 10 nitrogen and oxygen atoms in total. The van der Waals surface area contributed by atoms with Crippen molar-refractivity contribution in [1.29, 1.82) is 5.41 Å². The molecule has 2 heterocycles. The zero-order valence-electron chi connectivity index (χ0n) is 22.8. The van der Waals surface area contributed by atoms with Crippen molar-refractivity contribution in [3.8, 4) is 0 Å². The Kier molecular flexibility index (Phi) is 7.20. The molecule has 6 rings (SSSR count). The number of fused-ring (bicyclic) bond motifs is 1. The first-order chi connectivity index (χ1) is 20.3. The second kappa shape index (κ2) is 11.3. The average Bonchev–Trinajstić information content (AvgIpc) is 3.66. The number of carbonyl (C=O) groups is 2. The number of hydrogen-bond donors (Lipinski definition) is 6. The lowest BCUT2D eigenvalue weighted by Gasteiger charge is -2.19. The Labute approximate surface area is 242 Å². The molecule has 42 heavy (non-hydrogen) atoms. The number of epoxide rings is 1. The van der Waals surface area contributed by atoms with Crippen LogP contribution in [0.15, 0.2) is 91.0 Å². The predicted molar refractivity (Wildman–Crippen MR) is 162 cm³/mol. The summed E-state index contributed by atoms with van der Waals surface area (Å²) in [6.07, 6.45) is -0.248. The zero-order valence-corrected chi connectivity index (χ0v) is 22.8. The third kappa shape index (κ3) is 5.89. The third-order valence-electron chi connectivity index (χ3n) is 7.26. The van der Waals surface area contributed by atoms with Gasteiger partial charge in [0.05, 0.1) is 16.9 Å². The first-order valence-electron chi connectivity index (χ1n) is 13.5. The number of nitrogens with one attached hydrogen (secondary N) is 5. The van der Waals surface area contributed by atoms with Gasteiger partial charge in [-0.25, -0.2) is 9.59 Å². The molecular weight excluding hydrogens is 532 g/mol. The van der Waals surface area contributed by atoms with Crippen molar-refractivity contribution in [2.45, 2.75) is 31.9 Å². The number of cyclic esters (lactones) is 1. The Bertz CT molecular complexity index is 1650. The van der Waals surface area contributed by atoms with Gasteiger partial charge in [-0.15, -0.1) is 0 Å². The van der Waals surface area contributed by atoms with Crippen LogP contribution in [-0.2, 0) is 16.1 Å². The summed E-state index contributed by atoms with van der Waals surface area (Å²) in [5.74, 6) is -0.322. The minimum atomic E-state index is -0.385. The fourth-order valence-electron chi connectivity index (χ4n) is 4.87. The molecule has 2 amide bonds. The number of amidine groups is 1. The summed E-state index contributed by atoms with van der Waals surface area (Å²) in [5, 5.41) is 20.0. The number of nitrogens with two attached hydrogens (primary N) is 1. The first-order valence-corrected chi connectivity index (χ1v) is 13.5. The Morgan fingerprint density at radius 3 is 2.38 bits per heavy atom. The van der Waals surface area contributed by atoms with E-state index < -0.39 is 0 Å². The molecule has 0 aromatic heterocycles. The highest BCUT2D eigenvalue weighted by molar-refractivity contribution is 6.02. The van der Waals surface area contributed by atoms with E-state index in [2.05, 4.69) is 52.5 Å². The first kappa shape index (κ1) is 26.9. The predicted octanol–water partition coefficient (Wildman–Crippen LogP) is 5.97. The van der Waals surface area contributed by atoms with Crippen LogP contribution in [0.5, 0.6) is 0 Å². The van der Waals surface area contributed by atoms with Gasteiger partial charge in [-0.2, -0.15) is 0 Å². The SMILES string of the molecule is CC(Nc1ccccc1NC(=O)Nc1ccc(C(=N)N)cc1)c1ccc(C2OC2Nc2ccc3c(c2)C(=O)OC3)cc1. The van der Waals surface area contributed by atoms with E-state index in [0.29, 0.717) is 29.1 Å². The lowest BCUT2D eigenvalue weighted by molar-refractivity contribution is 0.0535. The quantitative estimate of drug-likeness (QED) is 0.0636. The second-order valence-electron chi connectivity index (χ2n) is 10.2. The van der Waals surface area contributed by atoms with Gasteiger partial charge in [0.2, 0.25) is 0 Å². The number of amides is 2. The van der Waals surface area contributed by atoms with E-state index in [0.717, 1.165) is 28.1 Å². The van der Waals surface area contributed by atoms with Crippen LogP contribution in [0, 0.1) is 5.41 Å². The van der Waals surface area contributed by atoms with E-state index in [9.17, 15) is 9.59 Å². The van der Waals surface area contributed by atoms with Crippen LogP contribution in [0.4, 0.5) is 27.5 Å². The Morgan fingerprint density at radius 2 is 1.64 bits per heavy atom. The zero-order chi connectivity index (χ0) is 29.2. The van der Waals surface area contributed by atoms with Gasteiger partial charge >= 0.3 is 12.0 Å². The Morgan fingerprint density at radius 1 is 0.929 bits per heavy atom. The highest BCUT2D eigenvalue weighted by atomic mass is 16.6. The smallest absolute Gasteiger partial charge is 0.338 e. The monoisotopic (exact) mass is 562 g/mol. The molecule has 3 unspecified atom stereocenters. The van der Waals surface area contributed by atoms with Crippen molar-refractivity contribution in [3.05, 3.63) is 119 Å². The molecule has 4 aromatic rings. The van der Waals surface area contributed by atoms with Crippen molar-refractivity contribution < 1.29 is 19.1 Å². The average molecular weight is 563 g/mol. The number of nitrogen functional groups attached to an aromatic ring is 1. The van der Waals surface area contributed by atoms with Gasteiger partial charge < -0.3 is 36.5 Å². The van der Waals surface area contributed by atoms with E-state index in [-0.39, 0.29) is 36.2 Å². The number of hydrogen-bond acceptors (Lipinski definition) is 7. The molecule has 10 heteroatoms. The summed E-state index contributed by atoms with van der Waals surface area (Å²) < 4.78 is 10.9. The molecule has 0 aliphatic carbocycles. The summed E-state index contributed by atoms with van der Waals surface area (Å²) in [5.41, 5.74) is 12.5. The topological polar surface area (TPSA) is 154 Å². The molecule has 212 valence electrons. The standard InChI is InChI=1S/C32H30N6O4/c1-18(35-26-4-2-3-5-27(26)38-32(40)37-23-13-10-21(11-14-23)29(33)34)19-6-8-20(9-7-19)28-30(42-28)36-24-15-12-22-17-41-31(39)25(22)16-24/h2-16,18,28,30,35-36H,17H2,1H3,(H3,33,34)(H2,37,38,40).